The average Bonchev–Trinajstić information content (AvgIpc) is 2.48. The first-order valence-electron chi connectivity index (χ1n) is 6.21. The molecule has 2 unspecified atom stereocenters. The van der Waals surface area contributed by atoms with E-state index in [2.05, 4.69) is 31.2 Å². The Balaban J connectivity index is 2.02. The summed E-state index contributed by atoms with van der Waals surface area (Å²) in [5, 5.41) is 7.81. The number of rotatable bonds is 2. The van der Waals surface area contributed by atoms with Crippen LogP contribution < -0.4 is 5.32 Å². The molecule has 90 valence electrons. The third-order valence-electron chi connectivity index (χ3n) is 3.56. The summed E-state index contributed by atoms with van der Waals surface area (Å²) >= 11 is 0. The zero-order chi connectivity index (χ0) is 11.8. The lowest BCUT2D eigenvalue weighted by molar-refractivity contribution is 0.177. The van der Waals surface area contributed by atoms with Gasteiger partial charge in [0, 0.05) is 19.2 Å². The molecule has 1 aliphatic carbocycles. The number of hydrogen-bond acceptors (Lipinski definition) is 2. The van der Waals surface area contributed by atoms with Crippen molar-refractivity contribution in [3.63, 3.8) is 0 Å². The first-order valence-corrected chi connectivity index (χ1v) is 6.21. The van der Waals surface area contributed by atoms with Gasteiger partial charge >= 0.3 is 0 Å². The maximum Gasteiger partial charge on any atom is 0.124 e. The van der Waals surface area contributed by atoms with Gasteiger partial charge in [0.1, 0.15) is 5.82 Å². The number of hydrogen-bond donors (Lipinski definition) is 1. The molecule has 1 aromatic rings. The minimum atomic E-state index is 0.466. The molecule has 0 aromatic carbocycles. The second-order valence-corrected chi connectivity index (χ2v) is 6.09. The summed E-state index contributed by atoms with van der Waals surface area (Å²) < 4.78 is 1.91. The van der Waals surface area contributed by atoms with Crippen LogP contribution in [-0.4, -0.2) is 15.8 Å². The Hall–Kier alpha value is -0.990. The quantitative estimate of drug-likeness (QED) is 0.832. The van der Waals surface area contributed by atoms with Gasteiger partial charge in [-0.05, 0) is 30.6 Å². The molecule has 1 saturated carbocycles. The smallest absolute Gasteiger partial charge is 0.124 e. The van der Waals surface area contributed by atoms with Gasteiger partial charge in [-0.1, -0.05) is 20.8 Å². The fourth-order valence-corrected chi connectivity index (χ4v) is 3.18. The van der Waals surface area contributed by atoms with E-state index in [1.807, 2.05) is 24.0 Å². The molecular formula is C13H23N3. The zero-order valence-electron chi connectivity index (χ0n) is 10.8. The summed E-state index contributed by atoms with van der Waals surface area (Å²) in [6.45, 7) is 7.11. The van der Waals surface area contributed by atoms with Crippen LogP contribution in [0.1, 0.15) is 40.0 Å². The summed E-state index contributed by atoms with van der Waals surface area (Å²) in [4.78, 5) is 0. The van der Waals surface area contributed by atoms with Crippen LogP contribution in [0.3, 0.4) is 0 Å². The highest BCUT2D eigenvalue weighted by Gasteiger charge is 2.32. The summed E-state index contributed by atoms with van der Waals surface area (Å²) in [6, 6.07) is 2.64. The Labute approximate surface area is 98.2 Å². The Morgan fingerprint density at radius 3 is 2.75 bits per heavy atom. The highest BCUT2D eigenvalue weighted by molar-refractivity contribution is 5.35. The minimum Gasteiger partial charge on any atom is -0.368 e. The fourth-order valence-electron chi connectivity index (χ4n) is 3.18. The van der Waals surface area contributed by atoms with Crippen molar-refractivity contribution in [2.75, 3.05) is 5.32 Å². The summed E-state index contributed by atoms with van der Waals surface area (Å²) in [7, 11) is 1.99. The van der Waals surface area contributed by atoms with E-state index < -0.39 is 0 Å². The van der Waals surface area contributed by atoms with Gasteiger partial charge in [0.05, 0.1) is 6.20 Å². The van der Waals surface area contributed by atoms with Crippen molar-refractivity contribution in [1.29, 1.82) is 0 Å². The second kappa shape index (κ2) is 4.11. The van der Waals surface area contributed by atoms with E-state index >= 15 is 0 Å². The van der Waals surface area contributed by atoms with Crippen molar-refractivity contribution in [3.05, 3.63) is 12.3 Å². The number of aryl methyl sites for hydroxylation is 1. The van der Waals surface area contributed by atoms with Crippen LogP contribution in [0.4, 0.5) is 5.82 Å². The molecule has 1 N–H and O–H groups in total. The highest BCUT2D eigenvalue weighted by atomic mass is 15.3. The van der Waals surface area contributed by atoms with Gasteiger partial charge in [0.2, 0.25) is 0 Å². The van der Waals surface area contributed by atoms with Crippen LogP contribution in [0.2, 0.25) is 0 Å². The molecule has 0 amide bonds. The van der Waals surface area contributed by atoms with Crippen LogP contribution in [0.15, 0.2) is 12.3 Å². The Morgan fingerprint density at radius 1 is 1.44 bits per heavy atom. The number of aromatic nitrogens is 2. The topological polar surface area (TPSA) is 29.9 Å². The Kier molecular flexibility index (Phi) is 2.96. The van der Waals surface area contributed by atoms with E-state index in [4.69, 9.17) is 0 Å². The molecule has 2 rings (SSSR count). The minimum absolute atomic E-state index is 0.466. The normalized spacial score (nSPS) is 29.0. The average molecular weight is 221 g/mol. The van der Waals surface area contributed by atoms with Crippen LogP contribution in [0.25, 0.3) is 0 Å². The first-order chi connectivity index (χ1) is 7.46. The lowest BCUT2D eigenvalue weighted by Gasteiger charge is -2.39. The van der Waals surface area contributed by atoms with Crippen LogP contribution in [-0.2, 0) is 7.05 Å². The van der Waals surface area contributed by atoms with Crippen molar-refractivity contribution in [2.45, 2.75) is 46.1 Å². The zero-order valence-corrected chi connectivity index (χ0v) is 10.8. The molecule has 0 spiro atoms. The van der Waals surface area contributed by atoms with Gasteiger partial charge in [0.25, 0.3) is 0 Å². The molecule has 3 heteroatoms. The first kappa shape index (κ1) is 11.5. The second-order valence-electron chi connectivity index (χ2n) is 6.09. The molecule has 0 bridgehead atoms. The standard InChI is InChI=1S/C13H23N3/c1-10-7-11(9-13(2,3)8-10)15-12-5-6-14-16(12)4/h5-6,10-11,15H,7-9H2,1-4H3. The molecule has 1 fully saturated rings. The molecule has 16 heavy (non-hydrogen) atoms. The molecule has 0 aliphatic heterocycles. The van der Waals surface area contributed by atoms with Crippen molar-refractivity contribution in [1.82, 2.24) is 9.78 Å². The lowest BCUT2D eigenvalue weighted by Crippen LogP contribution is -2.35. The van der Waals surface area contributed by atoms with Crippen molar-refractivity contribution in [3.8, 4) is 0 Å². The van der Waals surface area contributed by atoms with Crippen molar-refractivity contribution in [2.24, 2.45) is 18.4 Å². The van der Waals surface area contributed by atoms with Crippen LogP contribution in [0.5, 0.6) is 0 Å². The number of nitrogens with zero attached hydrogens (tertiary/aromatic N) is 2. The predicted octanol–water partition coefficient (Wildman–Crippen LogP) is 3.05. The molecule has 0 radical (unpaired) electrons. The number of anilines is 1. The van der Waals surface area contributed by atoms with E-state index in [1.54, 1.807) is 0 Å². The summed E-state index contributed by atoms with van der Waals surface area (Å²) in [5.41, 5.74) is 0.466. The third-order valence-corrected chi connectivity index (χ3v) is 3.56. The van der Waals surface area contributed by atoms with E-state index in [0.29, 0.717) is 11.5 Å². The molecular weight excluding hydrogens is 198 g/mol. The molecule has 1 aromatic heterocycles. The van der Waals surface area contributed by atoms with Gasteiger partial charge in [-0.15, -0.1) is 0 Å². The maximum absolute atomic E-state index is 4.19. The third kappa shape index (κ3) is 2.57. The van der Waals surface area contributed by atoms with Gasteiger partial charge in [-0.25, -0.2) is 0 Å². The Morgan fingerprint density at radius 2 is 2.19 bits per heavy atom. The van der Waals surface area contributed by atoms with Crippen LogP contribution >= 0.6 is 0 Å². The fraction of sp³-hybridized carbons (Fsp3) is 0.769. The van der Waals surface area contributed by atoms with Crippen LogP contribution in [0, 0.1) is 11.3 Å². The molecule has 3 nitrogen and oxygen atoms in total. The summed E-state index contributed by atoms with van der Waals surface area (Å²) in [6.07, 6.45) is 5.72. The predicted molar refractivity (Wildman–Crippen MR) is 67.4 cm³/mol. The van der Waals surface area contributed by atoms with Gasteiger partial charge in [0.15, 0.2) is 0 Å². The van der Waals surface area contributed by atoms with E-state index in [9.17, 15) is 0 Å². The van der Waals surface area contributed by atoms with E-state index in [-0.39, 0.29) is 0 Å². The molecule has 1 aliphatic rings. The highest BCUT2D eigenvalue weighted by Crippen LogP contribution is 2.39. The largest absolute Gasteiger partial charge is 0.368 e. The van der Waals surface area contributed by atoms with Crippen molar-refractivity contribution < 1.29 is 0 Å². The van der Waals surface area contributed by atoms with Gasteiger partial charge < -0.3 is 5.32 Å². The summed E-state index contributed by atoms with van der Waals surface area (Å²) in [5.74, 6) is 1.95. The number of nitrogens with one attached hydrogen (secondary N) is 1. The Bertz CT molecular complexity index is 354. The monoisotopic (exact) mass is 221 g/mol. The molecule has 2 atom stereocenters. The van der Waals surface area contributed by atoms with E-state index in [0.717, 1.165) is 11.7 Å². The molecule has 1 heterocycles. The maximum atomic E-state index is 4.19. The SMILES string of the molecule is CC1CC(Nc2ccnn2C)CC(C)(C)C1. The van der Waals surface area contributed by atoms with Gasteiger partial charge in [-0.3, -0.25) is 4.68 Å². The molecule has 0 saturated heterocycles. The van der Waals surface area contributed by atoms with E-state index in [1.165, 1.54) is 19.3 Å². The van der Waals surface area contributed by atoms with Gasteiger partial charge in [-0.2, -0.15) is 5.10 Å². The lowest BCUT2D eigenvalue weighted by atomic mass is 9.70. The van der Waals surface area contributed by atoms with Crippen molar-refractivity contribution >= 4 is 5.82 Å².